The molecule has 3 aliphatic rings. The lowest BCUT2D eigenvalue weighted by molar-refractivity contribution is 0.179. The molecule has 0 aliphatic carbocycles. The molecule has 0 radical (unpaired) electrons. The molecular weight excluding hydrogens is 114 g/mol. The van der Waals surface area contributed by atoms with Crippen molar-refractivity contribution in [2.45, 2.75) is 31.1 Å². The minimum atomic E-state index is 0.648. The van der Waals surface area contributed by atoms with Crippen molar-refractivity contribution in [2.24, 2.45) is 0 Å². The highest BCUT2D eigenvalue weighted by atomic mass is 16.6. The maximum Gasteiger partial charge on any atom is 0.101 e. The van der Waals surface area contributed by atoms with Gasteiger partial charge in [-0.25, -0.2) is 0 Å². The van der Waals surface area contributed by atoms with Gasteiger partial charge in [0.2, 0.25) is 0 Å². The average molecular weight is 125 g/mol. The largest absolute Gasteiger partial charge is 0.366 e. The first-order chi connectivity index (χ1) is 4.45. The summed E-state index contributed by atoms with van der Waals surface area (Å²) in [5.74, 6) is 0. The second kappa shape index (κ2) is 1.32. The third-order valence-electron chi connectivity index (χ3n) is 2.83. The van der Waals surface area contributed by atoms with Crippen molar-refractivity contribution < 1.29 is 4.74 Å². The number of fused-ring (bicyclic) bond motifs is 3. The summed E-state index contributed by atoms with van der Waals surface area (Å²) >= 11 is 0. The number of hydrogen-bond donors (Lipinski definition) is 0. The molecule has 2 nitrogen and oxygen atoms in total. The highest BCUT2D eigenvalue weighted by Gasteiger charge is 2.55. The smallest absolute Gasteiger partial charge is 0.101 e. The van der Waals surface area contributed by atoms with Crippen LogP contribution in [0, 0.1) is 0 Å². The molecule has 3 unspecified atom stereocenters. The number of ether oxygens (including phenoxy) is 1. The van der Waals surface area contributed by atoms with Gasteiger partial charge in [-0.1, -0.05) is 0 Å². The van der Waals surface area contributed by atoms with Crippen molar-refractivity contribution in [2.75, 3.05) is 13.1 Å². The van der Waals surface area contributed by atoms with Gasteiger partial charge in [-0.15, -0.1) is 0 Å². The normalized spacial score (nSPS) is 55.3. The van der Waals surface area contributed by atoms with Crippen LogP contribution in [0.25, 0.3) is 0 Å². The molecule has 0 amide bonds. The maximum absolute atomic E-state index is 5.43. The molecule has 50 valence electrons. The SMILES string of the molecule is C1CC2C3OC3CN2C1. The lowest BCUT2D eigenvalue weighted by Gasteiger charge is -2.15. The van der Waals surface area contributed by atoms with Crippen molar-refractivity contribution >= 4 is 0 Å². The van der Waals surface area contributed by atoms with E-state index in [2.05, 4.69) is 4.90 Å². The molecule has 0 N–H and O–H groups in total. The molecule has 0 saturated carbocycles. The summed E-state index contributed by atoms with van der Waals surface area (Å²) in [5.41, 5.74) is 0. The Balaban J connectivity index is 1.88. The van der Waals surface area contributed by atoms with Gasteiger partial charge in [0.25, 0.3) is 0 Å². The molecule has 0 spiro atoms. The quantitative estimate of drug-likeness (QED) is 0.431. The highest BCUT2D eigenvalue weighted by Crippen LogP contribution is 2.41. The third kappa shape index (κ3) is 0.485. The summed E-state index contributed by atoms with van der Waals surface area (Å²) in [5, 5.41) is 0. The van der Waals surface area contributed by atoms with E-state index in [4.69, 9.17) is 4.74 Å². The molecule has 3 heterocycles. The van der Waals surface area contributed by atoms with Crippen LogP contribution in [0.15, 0.2) is 0 Å². The Labute approximate surface area is 54.8 Å². The monoisotopic (exact) mass is 125 g/mol. The van der Waals surface area contributed by atoms with E-state index in [1.165, 1.54) is 25.9 Å². The van der Waals surface area contributed by atoms with Gasteiger partial charge in [-0.2, -0.15) is 0 Å². The van der Waals surface area contributed by atoms with Crippen LogP contribution in [0.1, 0.15) is 12.8 Å². The summed E-state index contributed by atoms with van der Waals surface area (Å²) < 4.78 is 5.43. The first-order valence-electron chi connectivity index (χ1n) is 3.85. The van der Waals surface area contributed by atoms with Crippen molar-refractivity contribution in [3.05, 3.63) is 0 Å². The first-order valence-corrected chi connectivity index (χ1v) is 3.85. The van der Waals surface area contributed by atoms with Crippen LogP contribution in [0.5, 0.6) is 0 Å². The lowest BCUT2D eigenvalue weighted by atomic mass is 10.2. The van der Waals surface area contributed by atoms with Gasteiger partial charge in [0.15, 0.2) is 0 Å². The van der Waals surface area contributed by atoms with Crippen LogP contribution in [0.2, 0.25) is 0 Å². The van der Waals surface area contributed by atoms with Gasteiger partial charge in [-0.3, -0.25) is 4.90 Å². The van der Waals surface area contributed by atoms with E-state index >= 15 is 0 Å². The molecule has 3 fully saturated rings. The molecule has 0 aromatic carbocycles. The zero-order chi connectivity index (χ0) is 5.84. The van der Waals surface area contributed by atoms with E-state index in [0.717, 1.165) is 6.04 Å². The number of hydrogen-bond acceptors (Lipinski definition) is 2. The standard InChI is InChI=1S/C7H11NO/c1-2-5-7-6(9-7)4-8(5)3-1/h5-7H,1-4H2. The number of epoxide rings is 1. The van der Waals surface area contributed by atoms with Gasteiger partial charge >= 0.3 is 0 Å². The second-order valence-corrected chi connectivity index (χ2v) is 3.34. The van der Waals surface area contributed by atoms with Crippen LogP contribution in [-0.2, 0) is 4.74 Å². The summed E-state index contributed by atoms with van der Waals surface area (Å²) in [6.07, 6.45) is 4.10. The zero-order valence-electron chi connectivity index (χ0n) is 5.42. The number of morpholine rings is 1. The third-order valence-corrected chi connectivity index (χ3v) is 2.83. The molecule has 2 heteroatoms. The molecule has 3 rings (SSSR count). The molecule has 0 aromatic heterocycles. The van der Waals surface area contributed by atoms with Crippen LogP contribution >= 0.6 is 0 Å². The van der Waals surface area contributed by atoms with Gasteiger partial charge in [-0.05, 0) is 19.4 Å². The van der Waals surface area contributed by atoms with Crippen molar-refractivity contribution in [3.63, 3.8) is 0 Å². The summed E-state index contributed by atoms with van der Waals surface area (Å²) in [7, 11) is 0. The molecule has 3 aliphatic heterocycles. The van der Waals surface area contributed by atoms with E-state index < -0.39 is 0 Å². The van der Waals surface area contributed by atoms with E-state index in [0.29, 0.717) is 12.2 Å². The van der Waals surface area contributed by atoms with Crippen molar-refractivity contribution in [1.29, 1.82) is 0 Å². The average Bonchev–Trinajstić information content (AvgIpc) is 2.38. The second-order valence-electron chi connectivity index (χ2n) is 3.34. The number of nitrogens with zero attached hydrogens (tertiary/aromatic N) is 1. The minimum Gasteiger partial charge on any atom is -0.366 e. The Bertz CT molecular complexity index is 148. The Morgan fingerprint density at radius 1 is 1.44 bits per heavy atom. The van der Waals surface area contributed by atoms with Gasteiger partial charge < -0.3 is 4.74 Å². The van der Waals surface area contributed by atoms with E-state index in [1.807, 2.05) is 0 Å². The highest BCUT2D eigenvalue weighted by molar-refractivity contribution is 5.06. The fourth-order valence-electron chi connectivity index (χ4n) is 2.32. The number of rotatable bonds is 0. The summed E-state index contributed by atoms with van der Waals surface area (Å²) in [4.78, 5) is 2.58. The van der Waals surface area contributed by atoms with Gasteiger partial charge in [0.1, 0.15) is 6.10 Å². The fourth-order valence-corrected chi connectivity index (χ4v) is 2.32. The maximum atomic E-state index is 5.43. The predicted molar refractivity (Wildman–Crippen MR) is 33.3 cm³/mol. The Morgan fingerprint density at radius 2 is 2.44 bits per heavy atom. The van der Waals surface area contributed by atoms with Crippen molar-refractivity contribution in [3.8, 4) is 0 Å². The molecule has 3 atom stereocenters. The lowest BCUT2D eigenvalue weighted by Crippen LogP contribution is -2.28. The van der Waals surface area contributed by atoms with Gasteiger partial charge in [0.05, 0.1) is 6.10 Å². The molecule has 9 heavy (non-hydrogen) atoms. The first kappa shape index (κ1) is 4.69. The van der Waals surface area contributed by atoms with Crippen molar-refractivity contribution in [1.82, 2.24) is 4.90 Å². The Hall–Kier alpha value is -0.0800. The van der Waals surface area contributed by atoms with Crippen LogP contribution in [-0.4, -0.2) is 36.2 Å². The predicted octanol–water partition coefficient (Wildman–Crippen LogP) is 0.232. The molecule has 0 bridgehead atoms. The fraction of sp³-hybridized carbons (Fsp3) is 1.00. The molecule has 0 aromatic rings. The van der Waals surface area contributed by atoms with Crippen LogP contribution in [0.4, 0.5) is 0 Å². The van der Waals surface area contributed by atoms with Crippen LogP contribution < -0.4 is 0 Å². The van der Waals surface area contributed by atoms with E-state index in [9.17, 15) is 0 Å². The summed E-state index contributed by atoms with van der Waals surface area (Å²) in [6, 6.07) is 0.829. The van der Waals surface area contributed by atoms with E-state index in [-0.39, 0.29) is 0 Å². The zero-order valence-corrected chi connectivity index (χ0v) is 5.42. The minimum absolute atomic E-state index is 0.648. The molecule has 3 saturated heterocycles. The Morgan fingerprint density at radius 3 is 3.33 bits per heavy atom. The van der Waals surface area contributed by atoms with Crippen LogP contribution in [0.3, 0.4) is 0 Å². The van der Waals surface area contributed by atoms with E-state index in [1.54, 1.807) is 0 Å². The Kier molecular flexibility index (Phi) is 0.691. The molecular formula is C7H11NO. The summed E-state index contributed by atoms with van der Waals surface area (Å²) in [6.45, 7) is 2.57. The van der Waals surface area contributed by atoms with Gasteiger partial charge in [0, 0.05) is 12.6 Å². The topological polar surface area (TPSA) is 15.8 Å².